The molecular formula is C22H23N5O2. The van der Waals surface area contributed by atoms with Gasteiger partial charge >= 0.3 is 0 Å². The summed E-state index contributed by atoms with van der Waals surface area (Å²) in [5, 5.41) is 20.1. The fraction of sp³-hybridized carbons (Fsp3) is 0.227. The number of carbonyl (C=O) groups excluding carboxylic acids is 1. The normalized spacial score (nSPS) is 14.8. The van der Waals surface area contributed by atoms with Crippen molar-refractivity contribution in [2.75, 3.05) is 6.54 Å². The van der Waals surface area contributed by atoms with E-state index in [1.165, 1.54) is 22.2 Å². The van der Waals surface area contributed by atoms with Gasteiger partial charge in [0.25, 0.3) is 0 Å². The number of carbonyl (C=O) groups is 1. The Morgan fingerprint density at radius 3 is 2.76 bits per heavy atom. The molecule has 1 amide bonds. The van der Waals surface area contributed by atoms with Crippen LogP contribution >= 0.6 is 0 Å². The van der Waals surface area contributed by atoms with Crippen LogP contribution in [0.5, 0.6) is 0 Å². The number of aromatic nitrogens is 1. The zero-order chi connectivity index (χ0) is 20.1. The molecule has 0 fully saturated rings. The smallest absolute Gasteiger partial charge is 0.247 e. The van der Waals surface area contributed by atoms with E-state index in [4.69, 9.17) is 5.21 Å². The predicted molar refractivity (Wildman–Crippen MR) is 110 cm³/mol. The Labute approximate surface area is 168 Å². The average molecular weight is 389 g/mol. The third-order valence-corrected chi connectivity index (χ3v) is 5.00. The van der Waals surface area contributed by atoms with Crippen LogP contribution in [0.4, 0.5) is 0 Å². The zero-order valence-electron chi connectivity index (χ0n) is 16.0. The van der Waals surface area contributed by atoms with Gasteiger partial charge in [-0.15, -0.1) is 5.11 Å². The van der Waals surface area contributed by atoms with Gasteiger partial charge in [0.2, 0.25) is 5.91 Å². The standard InChI is InChI=1S/C22H23N5O2/c28-22(24-29)11-10-19-15-26(25-23-19)16-20-14-18-8-4-5-9-21(18)27(20)13-12-17-6-2-1-3-7-17/h1-10,14,29H,11-13,15-16H2,(H,24,28)/b19-10-. The fourth-order valence-electron chi connectivity index (χ4n) is 3.56. The first-order valence-corrected chi connectivity index (χ1v) is 9.62. The minimum Gasteiger partial charge on any atom is -0.342 e. The van der Waals surface area contributed by atoms with Crippen LogP contribution in [0.1, 0.15) is 17.7 Å². The number of nitrogens with one attached hydrogen (secondary N) is 1. The topological polar surface area (TPSA) is 82.2 Å². The average Bonchev–Trinajstić information content (AvgIpc) is 3.35. The Kier molecular flexibility index (Phi) is 5.67. The van der Waals surface area contributed by atoms with Gasteiger partial charge in [0.15, 0.2) is 0 Å². The number of aryl methyl sites for hydroxylation is 2. The van der Waals surface area contributed by atoms with Gasteiger partial charge in [-0.2, -0.15) is 0 Å². The molecule has 0 bridgehead atoms. The summed E-state index contributed by atoms with van der Waals surface area (Å²) in [4.78, 5) is 11.2. The summed E-state index contributed by atoms with van der Waals surface area (Å²) in [6.07, 6.45) is 2.71. The third kappa shape index (κ3) is 4.52. The number of fused-ring (bicyclic) bond motifs is 1. The van der Waals surface area contributed by atoms with Crippen molar-refractivity contribution in [2.24, 2.45) is 10.3 Å². The van der Waals surface area contributed by atoms with Crippen LogP contribution in [-0.2, 0) is 24.3 Å². The maximum absolute atomic E-state index is 11.2. The second-order valence-electron chi connectivity index (χ2n) is 7.03. The number of benzene rings is 2. The number of hydroxylamine groups is 1. The molecule has 2 aromatic carbocycles. The minimum absolute atomic E-state index is 0.0794. The van der Waals surface area contributed by atoms with Crippen molar-refractivity contribution in [3.63, 3.8) is 0 Å². The van der Waals surface area contributed by atoms with Gasteiger partial charge < -0.3 is 4.57 Å². The lowest BCUT2D eigenvalue weighted by Crippen LogP contribution is -2.19. The van der Waals surface area contributed by atoms with E-state index in [0.717, 1.165) is 18.7 Å². The highest BCUT2D eigenvalue weighted by atomic mass is 16.5. The second-order valence-corrected chi connectivity index (χ2v) is 7.03. The van der Waals surface area contributed by atoms with E-state index in [0.29, 0.717) is 13.1 Å². The molecule has 0 radical (unpaired) electrons. The van der Waals surface area contributed by atoms with E-state index >= 15 is 0 Å². The van der Waals surface area contributed by atoms with E-state index in [2.05, 4.69) is 69.5 Å². The van der Waals surface area contributed by atoms with Gasteiger partial charge in [-0.3, -0.25) is 15.0 Å². The highest BCUT2D eigenvalue weighted by Crippen LogP contribution is 2.24. The van der Waals surface area contributed by atoms with E-state index < -0.39 is 5.91 Å². The van der Waals surface area contributed by atoms with Crippen LogP contribution in [0.25, 0.3) is 10.9 Å². The van der Waals surface area contributed by atoms with Crippen LogP contribution in [0.3, 0.4) is 0 Å². The van der Waals surface area contributed by atoms with Crippen LogP contribution in [0.2, 0.25) is 0 Å². The van der Waals surface area contributed by atoms with Crippen molar-refractivity contribution < 1.29 is 10.0 Å². The molecule has 29 heavy (non-hydrogen) atoms. The molecule has 1 aromatic heterocycles. The number of rotatable bonds is 7. The van der Waals surface area contributed by atoms with Crippen molar-refractivity contribution in [3.05, 3.63) is 83.7 Å². The van der Waals surface area contributed by atoms with Crippen LogP contribution in [0.15, 0.2) is 82.8 Å². The third-order valence-electron chi connectivity index (χ3n) is 5.00. The van der Waals surface area contributed by atoms with Gasteiger partial charge in [0.05, 0.1) is 18.8 Å². The molecule has 1 aliphatic heterocycles. The summed E-state index contributed by atoms with van der Waals surface area (Å²) in [6, 6.07) is 21.1. The van der Waals surface area contributed by atoms with Gasteiger partial charge in [-0.25, -0.2) is 5.48 Å². The molecule has 0 atom stereocenters. The second kappa shape index (κ2) is 8.70. The first-order chi connectivity index (χ1) is 14.2. The monoisotopic (exact) mass is 389 g/mol. The van der Waals surface area contributed by atoms with Crippen molar-refractivity contribution in [1.29, 1.82) is 0 Å². The molecule has 0 saturated heterocycles. The summed E-state index contributed by atoms with van der Waals surface area (Å²) < 4.78 is 2.35. The van der Waals surface area contributed by atoms with E-state index in [9.17, 15) is 4.79 Å². The summed E-state index contributed by atoms with van der Waals surface area (Å²) in [7, 11) is 0. The Bertz CT molecular complexity index is 1060. The maximum Gasteiger partial charge on any atom is 0.247 e. The quantitative estimate of drug-likeness (QED) is 0.476. The van der Waals surface area contributed by atoms with E-state index in [-0.39, 0.29) is 6.42 Å². The number of hydrogen-bond donors (Lipinski definition) is 2. The molecular weight excluding hydrogens is 366 g/mol. The molecule has 4 rings (SSSR count). The molecule has 2 heterocycles. The van der Waals surface area contributed by atoms with Gasteiger partial charge in [-0.1, -0.05) is 53.8 Å². The molecule has 148 valence electrons. The summed E-state index contributed by atoms with van der Waals surface area (Å²) in [5.74, 6) is -0.466. The van der Waals surface area contributed by atoms with E-state index in [1.807, 2.05) is 11.1 Å². The zero-order valence-corrected chi connectivity index (χ0v) is 16.0. The van der Waals surface area contributed by atoms with E-state index in [1.54, 1.807) is 11.6 Å². The Balaban J connectivity index is 1.50. The Morgan fingerprint density at radius 1 is 1.14 bits per heavy atom. The SMILES string of the molecule is O=C(C/C=C1/CN(Cc2cc3ccccc3n2CCc2ccccc2)N=N1)NO. The lowest BCUT2D eigenvalue weighted by atomic mass is 10.1. The fourth-order valence-corrected chi connectivity index (χ4v) is 3.56. The first-order valence-electron chi connectivity index (χ1n) is 9.62. The lowest BCUT2D eigenvalue weighted by molar-refractivity contribution is -0.128. The molecule has 0 aliphatic carbocycles. The van der Waals surface area contributed by atoms with Crippen LogP contribution in [0, 0.1) is 0 Å². The Hall–Kier alpha value is -3.45. The lowest BCUT2D eigenvalue weighted by Gasteiger charge is -2.15. The highest BCUT2D eigenvalue weighted by molar-refractivity contribution is 5.81. The molecule has 0 unspecified atom stereocenters. The van der Waals surface area contributed by atoms with Crippen LogP contribution < -0.4 is 5.48 Å². The van der Waals surface area contributed by atoms with Crippen molar-refractivity contribution >= 4 is 16.8 Å². The van der Waals surface area contributed by atoms with Crippen molar-refractivity contribution in [2.45, 2.75) is 25.9 Å². The van der Waals surface area contributed by atoms with Gasteiger partial charge in [0, 0.05) is 24.2 Å². The highest BCUT2D eigenvalue weighted by Gasteiger charge is 2.17. The molecule has 2 N–H and O–H groups in total. The molecule has 1 aliphatic rings. The Morgan fingerprint density at radius 2 is 1.93 bits per heavy atom. The predicted octanol–water partition coefficient (Wildman–Crippen LogP) is 3.85. The number of nitrogens with zero attached hydrogens (tertiary/aromatic N) is 4. The minimum atomic E-state index is -0.466. The summed E-state index contributed by atoms with van der Waals surface area (Å²) in [6.45, 7) is 2.06. The summed E-state index contributed by atoms with van der Waals surface area (Å²) in [5.41, 5.74) is 6.04. The summed E-state index contributed by atoms with van der Waals surface area (Å²) >= 11 is 0. The van der Waals surface area contributed by atoms with Crippen LogP contribution in [-0.4, -0.2) is 27.2 Å². The van der Waals surface area contributed by atoms with Gasteiger partial charge in [-0.05, 0) is 35.6 Å². The molecule has 0 saturated carbocycles. The first kappa shape index (κ1) is 18.9. The number of para-hydroxylation sites is 1. The molecule has 3 aromatic rings. The number of amides is 1. The van der Waals surface area contributed by atoms with Crippen molar-refractivity contribution in [3.8, 4) is 0 Å². The molecule has 7 nitrogen and oxygen atoms in total. The molecule has 0 spiro atoms. The number of hydrogen-bond acceptors (Lipinski definition) is 5. The van der Waals surface area contributed by atoms with Gasteiger partial charge in [0.1, 0.15) is 0 Å². The molecule has 7 heteroatoms. The largest absolute Gasteiger partial charge is 0.342 e. The van der Waals surface area contributed by atoms with Crippen molar-refractivity contribution in [1.82, 2.24) is 15.1 Å². The maximum atomic E-state index is 11.2.